The van der Waals surface area contributed by atoms with E-state index in [1.54, 1.807) is 0 Å². The topological polar surface area (TPSA) is 72.2 Å². The van der Waals surface area contributed by atoms with Crippen molar-refractivity contribution < 1.29 is 9.59 Å². The molecule has 0 aromatic heterocycles. The third kappa shape index (κ3) is 1.02. The summed E-state index contributed by atoms with van der Waals surface area (Å²) in [6.45, 7) is 4.81. The van der Waals surface area contributed by atoms with Gasteiger partial charge in [-0.25, -0.2) is 0 Å². The van der Waals surface area contributed by atoms with Crippen LogP contribution in [0, 0.1) is 0 Å². The van der Waals surface area contributed by atoms with E-state index in [1.165, 1.54) is 6.92 Å². The number of nitrogens with one attached hydrogen (secondary N) is 1. The van der Waals surface area contributed by atoms with Crippen molar-refractivity contribution >= 4 is 11.7 Å². The van der Waals surface area contributed by atoms with Gasteiger partial charge in [0.2, 0.25) is 0 Å². The second-order valence-electron chi connectivity index (χ2n) is 2.28. The van der Waals surface area contributed by atoms with Crippen LogP contribution < -0.4 is 11.1 Å². The standard InChI is InChI=1S/C7H8N2O2/c1-3-5(4(2)10)6(8)7(11)9-3/h1,8H2,2H3,(H,9,11). The number of amides is 1. The van der Waals surface area contributed by atoms with Crippen LogP contribution in [0.25, 0.3) is 0 Å². The average Bonchev–Trinajstić information content (AvgIpc) is 2.07. The molecule has 4 nitrogen and oxygen atoms in total. The van der Waals surface area contributed by atoms with E-state index >= 15 is 0 Å². The van der Waals surface area contributed by atoms with E-state index in [2.05, 4.69) is 11.9 Å². The highest BCUT2D eigenvalue weighted by atomic mass is 16.2. The molecule has 11 heavy (non-hydrogen) atoms. The Balaban J connectivity index is 3.17. The minimum Gasteiger partial charge on any atom is -0.394 e. The lowest BCUT2D eigenvalue weighted by Gasteiger charge is -1.95. The zero-order valence-electron chi connectivity index (χ0n) is 6.10. The Bertz CT molecular complexity index is 289. The first-order chi connectivity index (χ1) is 5.04. The molecule has 0 radical (unpaired) electrons. The van der Waals surface area contributed by atoms with Gasteiger partial charge >= 0.3 is 0 Å². The molecule has 0 aromatic rings. The van der Waals surface area contributed by atoms with Gasteiger partial charge < -0.3 is 11.1 Å². The average molecular weight is 152 g/mol. The van der Waals surface area contributed by atoms with Crippen molar-refractivity contribution in [2.24, 2.45) is 5.73 Å². The minimum absolute atomic E-state index is 0.0394. The summed E-state index contributed by atoms with van der Waals surface area (Å²) in [7, 11) is 0. The highest BCUT2D eigenvalue weighted by molar-refractivity contribution is 6.11. The molecule has 1 aliphatic rings. The Kier molecular flexibility index (Phi) is 1.53. The van der Waals surface area contributed by atoms with Gasteiger partial charge in [-0.3, -0.25) is 9.59 Å². The van der Waals surface area contributed by atoms with Crippen molar-refractivity contribution in [2.75, 3.05) is 0 Å². The fraction of sp³-hybridized carbons (Fsp3) is 0.143. The molecule has 0 fully saturated rings. The highest BCUT2D eigenvalue weighted by Crippen LogP contribution is 2.15. The molecule has 0 bridgehead atoms. The van der Waals surface area contributed by atoms with Gasteiger partial charge in [-0.2, -0.15) is 0 Å². The van der Waals surface area contributed by atoms with Gasteiger partial charge in [-0.05, 0) is 6.92 Å². The molecule has 0 atom stereocenters. The van der Waals surface area contributed by atoms with Crippen molar-refractivity contribution in [1.82, 2.24) is 5.32 Å². The smallest absolute Gasteiger partial charge is 0.272 e. The maximum atomic E-state index is 10.8. The van der Waals surface area contributed by atoms with Crippen molar-refractivity contribution in [1.29, 1.82) is 0 Å². The Labute approximate surface area is 63.8 Å². The van der Waals surface area contributed by atoms with Crippen molar-refractivity contribution in [3.8, 4) is 0 Å². The zero-order valence-corrected chi connectivity index (χ0v) is 6.10. The monoisotopic (exact) mass is 152 g/mol. The molecule has 1 heterocycles. The van der Waals surface area contributed by atoms with E-state index in [1.807, 2.05) is 0 Å². The number of carbonyl (C=O) groups is 2. The lowest BCUT2D eigenvalue weighted by atomic mass is 10.1. The number of Topliss-reactive ketones (excluding diaryl/α,β-unsaturated/α-hetero) is 1. The van der Waals surface area contributed by atoms with Crippen molar-refractivity contribution in [2.45, 2.75) is 6.92 Å². The van der Waals surface area contributed by atoms with Gasteiger partial charge in [-0.15, -0.1) is 0 Å². The second kappa shape index (κ2) is 2.23. The molecule has 58 valence electrons. The predicted molar refractivity (Wildman–Crippen MR) is 39.2 cm³/mol. The molecular weight excluding hydrogens is 144 g/mol. The summed E-state index contributed by atoms with van der Waals surface area (Å²) in [5.41, 5.74) is 5.76. The summed E-state index contributed by atoms with van der Waals surface area (Å²) < 4.78 is 0. The molecule has 0 saturated carbocycles. The third-order valence-electron chi connectivity index (χ3n) is 1.43. The van der Waals surface area contributed by atoms with Crippen LogP contribution in [0.3, 0.4) is 0 Å². The Morgan fingerprint density at radius 3 is 2.36 bits per heavy atom. The quantitative estimate of drug-likeness (QED) is 0.528. The Morgan fingerprint density at radius 2 is 2.18 bits per heavy atom. The normalized spacial score (nSPS) is 17.2. The SMILES string of the molecule is C=C1NC(=O)C(N)=C1C(C)=O. The van der Waals surface area contributed by atoms with Gasteiger partial charge in [0, 0.05) is 5.70 Å². The summed E-state index contributed by atoms with van der Waals surface area (Å²) in [4.78, 5) is 21.6. The Hall–Kier alpha value is -1.58. The Morgan fingerprint density at radius 1 is 1.64 bits per heavy atom. The summed E-state index contributed by atoms with van der Waals surface area (Å²) in [6.07, 6.45) is 0. The van der Waals surface area contributed by atoms with Crippen LogP contribution in [0.1, 0.15) is 6.92 Å². The fourth-order valence-corrected chi connectivity index (χ4v) is 0.945. The number of allylic oxidation sites excluding steroid dienone is 1. The molecule has 3 N–H and O–H groups in total. The zero-order chi connectivity index (χ0) is 8.59. The number of hydrogen-bond donors (Lipinski definition) is 2. The lowest BCUT2D eigenvalue weighted by Crippen LogP contribution is -2.19. The van der Waals surface area contributed by atoms with Crippen LogP contribution in [-0.2, 0) is 9.59 Å². The summed E-state index contributed by atoms with van der Waals surface area (Å²) in [5.74, 6) is -0.689. The number of nitrogens with two attached hydrogens (primary N) is 1. The van der Waals surface area contributed by atoms with E-state index in [0.29, 0.717) is 5.70 Å². The van der Waals surface area contributed by atoms with Crippen LogP contribution in [0.4, 0.5) is 0 Å². The maximum absolute atomic E-state index is 10.8. The van der Waals surface area contributed by atoms with Gasteiger partial charge in [0.1, 0.15) is 5.70 Å². The first-order valence-corrected chi connectivity index (χ1v) is 3.05. The largest absolute Gasteiger partial charge is 0.394 e. The van der Waals surface area contributed by atoms with Crippen molar-refractivity contribution in [3.63, 3.8) is 0 Å². The molecule has 1 aliphatic heterocycles. The predicted octanol–water partition coefficient (Wildman–Crippen LogP) is -0.568. The summed E-state index contributed by atoms with van der Waals surface area (Å²) >= 11 is 0. The minimum atomic E-state index is -0.444. The van der Waals surface area contributed by atoms with Gasteiger partial charge in [0.15, 0.2) is 5.78 Å². The number of ketones is 1. The molecule has 1 amide bonds. The van der Waals surface area contributed by atoms with E-state index in [9.17, 15) is 9.59 Å². The van der Waals surface area contributed by atoms with Crippen molar-refractivity contribution in [3.05, 3.63) is 23.5 Å². The van der Waals surface area contributed by atoms with Crippen LogP contribution >= 0.6 is 0 Å². The van der Waals surface area contributed by atoms with Crippen LogP contribution in [0.2, 0.25) is 0 Å². The van der Waals surface area contributed by atoms with Crippen LogP contribution in [-0.4, -0.2) is 11.7 Å². The van der Waals surface area contributed by atoms with Crippen LogP contribution in [0.5, 0.6) is 0 Å². The van der Waals surface area contributed by atoms with E-state index < -0.39 is 5.91 Å². The number of hydrogen-bond acceptors (Lipinski definition) is 3. The molecule has 4 heteroatoms. The molecule has 0 aliphatic carbocycles. The fourth-order valence-electron chi connectivity index (χ4n) is 0.945. The van der Waals surface area contributed by atoms with E-state index in [4.69, 9.17) is 5.73 Å². The molecule has 0 unspecified atom stereocenters. The maximum Gasteiger partial charge on any atom is 0.272 e. The number of carbonyl (C=O) groups excluding carboxylic acids is 2. The summed E-state index contributed by atoms with van der Waals surface area (Å²) in [6, 6.07) is 0. The van der Waals surface area contributed by atoms with Gasteiger partial charge in [-0.1, -0.05) is 6.58 Å². The third-order valence-corrected chi connectivity index (χ3v) is 1.43. The molecule has 1 rings (SSSR count). The number of rotatable bonds is 1. The van der Waals surface area contributed by atoms with E-state index in [0.717, 1.165) is 0 Å². The first kappa shape index (κ1) is 7.53. The molecular formula is C7H8N2O2. The molecule has 0 saturated heterocycles. The molecule has 0 spiro atoms. The van der Waals surface area contributed by atoms with Crippen LogP contribution in [0.15, 0.2) is 23.5 Å². The summed E-state index contributed by atoms with van der Waals surface area (Å²) in [5, 5.41) is 2.34. The lowest BCUT2D eigenvalue weighted by molar-refractivity contribution is -0.116. The molecule has 0 aromatic carbocycles. The van der Waals surface area contributed by atoms with Gasteiger partial charge in [0.05, 0.1) is 5.57 Å². The van der Waals surface area contributed by atoms with Gasteiger partial charge in [0.25, 0.3) is 5.91 Å². The second-order valence-corrected chi connectivity index (χ2v) is 2.28. The highest BCUT2D eigenvalue weighted by Gasteiger charge is 2.25. The van der Waals surface area contributed by atoms with E-state index in [-0.39, 0.29) is 17.1 Å². The first-order valence-electron chi connectivity index (χ1n) is 3.05.